The quantitative estimate of drug-likeness (QED) is 0.592. The first kappa shape index (κ1) is 26.3. The van der Waals surface area contributed by atoms with Crippen molar-refractivity contribution in [2.75, 3.05) is 25.5 Å². The van der Waals surface area contributed by atoms with Crippen molar-refractivity contribution in [3.8, 4) is 11.4 Å². The zero-order valence-corrected chi connectivity index (χ0v) is 22.3. The van der Waals surface area contributed by atoms with Gasteiger partial charge in [-0.25, -0.2) is 22.6 Å². The molecule has 36 heavy (non-hydrogen) atoms. The number of amides is 1. The molecule has 2 fully saturated rings. The molecular weight excluding hydrogens is 482 g/mol. The van der Waals surface area contributed by atoms with Gasteiger partial charge in [0.1, 0.15) is 5.60 Å². The summed E-state index contributed by atoms with van der Waals surface area (Å²) >= 11 is 0. The molecule has 4 rings (SSSR count). The molecule has 2 heterocycles. The van der Waals surface area contributed by atoms with E-state index in [-0.39, 0.29) is 17.0 Å². The normalized spacial score (nSPS) is 19.8. The Labute approximate surface area is 213 Å². The van der Waals surface area contributed by atoms with E-state index in [1.807, 2.05) is 20.8 Å². The number of aromatic nitrogens is 4. The minimum Gasteiger partial charge on any atom is -0.444 e. The number of carbonyl (C=O) groups is 1. The first-order valence-electron chi connectivity index (χ1n) is 12.7. The molecule has 198 valence electrons. The molecule has 1 aliphatic heterocycles. The first-order valence-corrected chi connectivity index (χ1v) is 14.2. The summed E-state index contributed by atoms with van der Waals surface area (Å²) in [7, 11) is -2.27. The van der Waals surface area contributed by atoms with Crippen molar-refractivity contribution >= 4 is 21.8 Å². The maximum atomic E-state index is 12.7. The summed E-state index contributed by atoms with van der Waals surface area (Å²) in [6.45, 7) is 6.55. The summed E-state index contributed by atoms with van der Waals surface area (Å²) in [4.78, 5) is 14.5. The number of nitrogens with zero attached hydrogens (tertiary/aromatic N) is 5. The Morgan fingerprint density at radius 3 is 2.56 bits per heavy atom. The van der Waals surface area contributed by atoms with E-state index in [0.29, 0.717) is 30.5 Å². The zero-order valence-electron chi connectivity index (χ0n) is 21.5. The van der Waals surface area contributed by atoms with Crippen molar-refractivity contribution in [3.05, 3.63) is 18.2 Å². The number of rotatable bonds is 6. The number of anilines is 1. The second-order valence-corrected chi connectivity index (χ2v) is 12.5. The highest BCUT2D eigenvalue weighted by Gasteiger charge is 2.31. The average Bonchev–Trinajstić information content (AvgIpc) is 3.34. The number of likely N-dealkylation sites (tertiary alicyclic amines) is 1. The second kappa shape index (κ2) is 10.7. The fourth-order valence-corrected chi connectivity index (χ4v) is 5.61. The first-order chi connectivity index (χ1) is 17.1. The van der Waals surface area contributed by atoms with E-state index < -0.39 is 15.6 Å². The van der Waals surface area contributed by atoms with Crippen LogP contribution in [-0.2, 0) is 14.8 Å². The van der Waals surface area contributed by atoms with Gasteiger partial charge in [0.2, 0.25) is 10.0 Å². The lowest BCUT2D eigenvalue weighted by atomic mass is 9.95. The molecule has 0 spiro atoms. The Bertz CT molecular complexity index is 1170. The molecule has 1 atom stereocenters. The molecule has 2 aliphatic rings. The average molecular weight is 520 g/mol. The van der Waals surface area contributed by atoms with Crippen molar-refractivity contribution in [1.29, 1.82) is 0 Å². The van der Waals surface area contributed by atoms with Crippen LogP contribution in [0, 0.1) is 0 Å². The number of hydrogen-bond donors (Lipinski definition) is 2. The summed E-state index contributed by atoms with van der Waals surface area (Å²) < 4.78 is 34.9. The SMILES string of the molecule is CNS(=O)(=O)c1ccc(NC2CCCCC2)c(-c2nnnn2C2CCCN(C(=O)OC(C)(C)C)C2)c1. The molecule has 0 bridgehead atoms. The predicted molar refractivity (Wildman–Crippen MR) is 136 cm³/mol. The summed E-state index contributed by atoms with van der Waals surface area (Å²) in [5.41, 5.74) is 0.840. The molecule has 1 aromatic heterocycles. The molecule has 1 saturated heterocycles. The molecule has 11 nitrogen and oxygen atoms in total. The molecule has 2 aromatic rings. The number of tetrazole rings is 1. The molecule has 12 heteroatoms. The van der Waals surface area contributed by atoms with Crippen molar-refractivity contribution < 1.29 is 17.9 Å². The molecule has 1 unspecified atom stereocenters. The maximum Gasteiger partial charge on any atom is 0.410 e. The number of ether oxygens (including phenoxy) is 1. The van der Waals surface area contributed by atoms with E-state index in [0.717, 1.165) is 31.4 Å². The van der Waals surface area contributed by atoms with Gasteiger partial charge < -0.3 is 15.0 Å². The van der Waals surface area contributed by atoms with Crippen LogP contribution in [0.15, 0.2) is 23.1 Å². The topological polar surface area (TPSA) is 131 Å². The third-order valence-corrected chi connectivity index (χ3v) is 8.07. The Balaban J connectivity index is 1.67. The summed E-state index contributed by atoms with van der Waals surface area (Å²) in [6.07, 6.45) is 6.91. The molecule has 2 N–H and O–H groups in total. The van der Waals surface area contributed by atoms with Crippen molar-refractivity contribution in [1.82, 2.24) is 29.8 Å². The lowest BCUT2D eigenvalue weighted by molar-refractivity contribution is 0.0167. The molecule has 1 amide bonds. The molecule has 1 aromatic carbocycles. The standard InChI is InChI=1S/C24H37N7O4S/c1-24(2,3)35-23(32)30-14-8-11-18(16-30)31-22(27-28-29-31)20-15-19(36(33,34)25-4)12-13-21(20)26-17-9-6-5-7-10-17/h12-13,15,17-18,25-26H,5-11,14,16H2,1-4H3. The van der Waals surface area contributed by atoms with Gasteiger partial charge in [-0.2, -0.15) is 0 Å². The van der Waals surface area contributed by atoms with Crippen molar-refractivity contribution in [2.45, 2.75) is 88.3 Å². The van der Waals surface area contributed by atoms with E-state index in [9.17, 15) is 13.2 Å². The van der Waals surface area contributed by atoms with Crippen LogP contribution in [0.5, 0.6) is 0 Å². The highest BCUT2D eigenvalue weighted by atomic mass is 32.2. The third kappa shape index (κ3) is 6.15. The number of carbonyl (C=O) groups excluding carboxylic acids is 1. The Kier molecular flexibility index (Phi) is 7.84. The van der Waals surface area contributed by atoms with Crippen molar-refractivity contribution in [3.63, 3.8) is 0 Å². The van der Waals surface area contributed by atoms with Crippen LogP contribution in [0.2, 0.25) is 0 Å². The maximum absolute atomic E-state index is 12.7. The van der Waals surface area contributed by atoms with Crippen LogP contribution in [0.1, 0.15) is 71.8 Å². The Hall–Kier alpha value is -2.73. The van der Waals surface area contributed by atoms with E-state index in [4.69, 9.17) is 4.74 Å². The van der Waals surface area contributed by atoms with Gasteiger partial charge in [0.25, 0.3) is 0 Å². The van der Waals surface area contributed by atoms with Gasteiger partial charge in [-0.15, -0.1) is 5.10 Å². The summed E-state index contributed by atoms with van der Waals surface area (Å²) in [5.74, 6) is 0.470. The minimum atomic E-state index is -3.66. The lowest BCUT2D eigenvalue weighted by Crippen LogP contribution is -2.43. The number of sulfonamides is 1. The highest BCUT2D eigenvalue weighted by molar-refractivity contribution is 7.89. The van der Waals surface area contributed by atoms with E-state index >= 15 is 0 Å². The van der Waals surface area contributed by atoms with Gasteiger partial charge in [-0.05, 0) is 82.1 Å². The van der Waals surface area contributed by atoms with E-state index in [1.165, 1.54) is 26.3 Å². The van der Waals surface area contributed by atoms with Crippen LogP contribution in [0.25, 0.3) is 11.4 Å². The summed E-state index contributed by atoms with van der Waals surface area (Å²) in [6, 6.07) is 5.16. The fraction of sp³-hybridized carbons (Fsp3) is 0.667. The third-order valence-electron chi connectivity index (χ3n) is 6.66. The largest absolute Gasteiger partial charge is 0.444 e. The fourth-order valence-electron chi connectivity index (χ4n) is 4.85. The number of nitrogens with one attached hydrogen (secondary N) is 2. The second-order valence-electron chi connectivity index (χ2n) is 10.6. The molecular formula is C24H37N7O4S. The monoisotopic (exact) mass is 519 g/mol. The minimum absolute atomic E-state index is 0.141. The summed E-state index contributed by atoms with van der Waals surface area (Å²) in [5, 5.41) is 16.1. The molecule has 0 radical (unpaired) electrons. The van der Waals surface area contributed by atoms with Crippen LogP contribution < -0.4 is 10.0 Å². The smallest absolute Gasteiger partial charge is 0.410 e. The Morgan fingerprint density at radius 2 is 1.86 bits per heavy atom. The van der Waals surface area contributed by atoms with E-state index in [2.05, 4.69) is 25.6 Å². The number of piperidine rings is 1. The van der Waals surface area contributed by atoms with Crippen LogP contribution in [0.4, 0.5) is 10.5 Å². The van der Waals surface area contributed by atoms with Crippen molar-refractivity contribution in [2.24, 2.45) is 0 Å². The van der Waals surface area contributed by atoms with Gasteiger partial charge in [0.15, 0.2) is 5.82 Å². The molecule has 1 aliphatic carbocycles. The zero-order chi connectivity index (χ0) is 25.9. The highest BCUT2D eigenvalue weighted by Crippen LogP contribution is 2.34. The lowest BCUT2D eigenvalue weighted by Gasteiger charge is -2.34. The number of benzene rings is 1. The van der Waals surface area contributed by atoms with Gasteiger partial charge in [0, 0.05) is 30.4 Å². The number of hydrogen-bond acceptors (Lipinski definition) is 8. The van der Waals surface area contributed by atoms with Gasteiger partial charge in [0.05, 0.1) is 10.9 Å². The molecule has 1 saturated carbocycles. The van der Waals surface area contributed by atoms with Gasteiger partial charge in [-0.3, -0.25) is 0 Å². The van der Waals surface area contributed by atoms with E-state index in [1.54, 1.807) is 27.8 Å². The van der Waals surface area contributed by atoms with Crippen LogP contribution in [-0.4, -0.2) is 71.4 Å². The van der Waals surface area contributed by atoms with Crippen LogP contribution in [0.3, 0.4) is 0 Å². The van der Waals surface area contributed by atoms with Gasteiger partial charge >= 0.3 is 6.09 Å². The Morgan fingerprint density at radius 1 is 1.11 bits per heavy atom. The van der Waals surface area contributed by atoms with Crippen LogP contribution >= 0.6 is 0 Å². The van der Waals surface area contributed by atoms with Gasteiger partial charge in [-0.1, -0.05) is 19.3 Å². The predicted octanol–water partition coefficient (Wildman–Crippen LogP) is 3.56.